The van der Waals surface area contributed by atoms with E-state index in [1.54, 1.807) is 12.3 Å². The van der Waals surface area contributed by atoms with Crippen LogP contribution in [0.4, 0.5) is 11.5 Å². The Labute approximate surface area is 70.8 Å². The van der Waals surface area contributed by atoms with Gasteiger partial charge in [0.2, 0.25) is 0 Å². The summed E-state index contributed by atoms with van der Waals surface area (Å²) in [5.74, 6) is 0.844. The van der Waals surface area contributed by atoms with Crippen LogP contribution in [0.1, 0.15) is 5.56 Å². The quantitative estimate of drug-likeness (QED) is 0.637. The van der Waals surface area contributed by atoms with Crippen molar-refractivity contribution in [2.45, 2.75) is 0 Å². The first kappa shape index (κ1) is 8.39. The number of pyridine rings is 1. The molecule has 0 radical (unpaired) electrons. The second-order valence-corrected chi connectivity index (χ2v) is 2.33. The fraction of sp³-hybridized carbons (Fsp3) is 0.125. The van der Waals surface area contributed by atoms with E-state index >= 15 is 0 Å². The maximum Gasteiger partial charge on any atom is 0.146 e. The fourth-order valence-corrected chi connectivity index (χ4v) is 0.763. The van der Waals surface area contributed by atoms with Gasteiger partial charge in [0.1, 0.15) is 11.6 Å². The van der Waals surface area contributed by atoms with Crippen LogP contribution in [0.2, 0.25) is 0 Å². The second-order valence-electron chi connectivity index (χ2n) is 2.33. The third kappa shape index (κ3) is 1.47. The van der Waals surface area contributed by atoms with E-state index in [-0.39, 0.29) is 0 Å². The largest absolute Gasteiger partial charge is 0.497 e. The predicted octanol–water partition coefficient (Wildman–Crippen LogP) is 0.863. The molecule has 1 aromatic heterocycles. The van der Waals surface area contributed by atoms with Crippen molar-refractivity contribution in [3.05, 3.63) is 24.4 Å². The molecule has 0 saturated carbocycles. The van der Waals surface area contributed by atoms with E-state index in [4.69, 9.17) is 16.2 Å². The van der Waals surface area contributed by atoms with E-state index in [1.807, 2.05) is 0 Å². The second kappa shape index (κ2) is 3.13. The Hall–Kier alpha value is -1.71. The summed E-state index contributed by atoms with van der Waals surface area (Å²) in [7, 11) is 1.54. The van der Waals surface area contributed by atoms with Crippen molar-refractivity contribution < 1.29 is 4.74 Å². The molecule has 1 heterocycles. The standard InChI is InChI=1S/C8H11N3O/c1-5(12-2)6-3-7(9)8(10)11-4-6/h3-4H,1,9H2,2H3,(H2,10,11). The monoisotopic (exact) mass is 165 g/mol. The summed E-state index contributed by atoms with van der Waals surface area (Å²) in [5, 5.41) is 0. The Morgan fingerprint density at radius 2 is 2.25 bits per heavy atom. The van der Waals surface area contributed by atoms with Gasteiger partial charge in [-0.1, -0.05) is 6.58 Å². The van der Waals surface area contributed by atoms with E-state index in [1.165, 1.54) is 7.11 Å². The highest BCUT2D eigenvalue weighted by atomic mass is 16.5. The molecule has 4 N–H and O–H groups in total. The minimum absolute atomic E-state index is 0.322. The lowest BCUT2D eigenvalue weighted by Gasteiger charge is -2.05. The van der Waals surface area contributed by atoms with Gasteiger partial charge >= 0.3 is 0 Å². The summed E-state index contributed by atoms with van der Waals surface area (Å²) in [6, 6.07) is 1.67. The van der Waals surface area contributed by atoms with Crippen LogP contribution in [0.15, 0.2) is 18.8 Å². The normalized spacial score (nSPS) is 9.42. The van der Waals surface area contributed by atoms with E-state index in [9.17, 15) is 0 Å². The molecule has 0 aliphatic carbocycles. The number of ether oxygens (including phenoxy) is 1. The molecule has 0 bridgehead atoms. The van der Waals surface area contributed by atoms with E-state index < -0.39 is 0 Å². The van der Waals surface area contributed by atoms with Crippen LogP contribution < -0.4 is 11.5 Å². The lowest BCUT2D eigenvalue weighted by molar-refractivity contribution is 0.371. The molecular weight excluding hydrogens is 154 g/mol. The number of nitrogens with zero attached hydrogens (tertiary/aromatic N) is 1. The number of nitrogen functional groups attached to an aromatic ring is 2. The van der Waals surface area contributed by atoms with Crippen LogP contribution in [0, 0.1) is 0 Å². The van der Waals surface area contributed by atoms with Crippen LogP contribution in [0.5, 0.6) is 0 Å². The zero-order valence-corrected chi connectivity index (χ0v) is 6.87. The minimum atomic E-state index is 0.322. The maximum atomic E-state index is 5.53. The first-order valence-corrected chi connectivity index (χ1v) is 3.39. The molecule has 4 nitrogen and oxygen atoms in total. The Balaban J connectivity index is 3.05. The Morgan fingerprint density at radius 1 is 1.58 bits per heavy atom. The van der Waals surface area contributed by atoms with Crippen molar-refractivity contribution >= 4 is 17.3 Å². The highest BCUT2D eigenvalue weighted by molar-refractivity contribution is 5.66. The molecule has 0 atom stereocenters. The molecule has 1 aromatic rings. The molecule has 0 saturated heterocycles. The first-order valence-electron chi connectivity index (χ1n) is 3.39. The summed E-state index contributed by atoms with van der Waals surface area (Å²) in [4.78, 5) is 3.86. The van der Waals surface area contributed by atoms with Gasteiger partial charge in [0, 0.05) is 11.8 Å². The van der Waals surface area contributed by atoms with Crippen molar-refractivity contribution in [2.24, 2.45) is 0 Å². The van der Waals surface area contributed by atoms with Crippen LogP contribution in [-0.2, 0) is 4.74 Å². The fourth-order valence-electron chi connectivity index (χ4n) is 0.763. The lowest BCUT2D eigenvalue weighted by atomic mass is 10.2. The minimum Gasteiger partial charge on any atom is -0.497 e. The SMILES string of the molecule is C=C(OC)c1cnc(N)c(N)c1. The molecule has 0 aromatic carbocycles. The molecule has 0 aliphatic heterocycles. The molecule has 64 valence electrons. The van der Waals surface area contributed by atoms with Crippen molar-refractivity contribution in [1.29, 1.82) is 0 Å². The molecule has 1 rings (SSSR count). The summed E-state index contributed by atoms with van der Waals surface area (Å²) in [5.41, 5.74) is 12.1. The van der Waals surface area contributed by atoms with Crippen molar-refractivity contribution in [1.82, 2.24) is 4.98 Å². The van der Waals surface area contributed by atoms with Gasteiger partial charge < -0.3 is 16.2 Å². The third-order valence-corrected chi connectivity index (χ3v) is 1.52. The smallest absolute Gasteiger partial charge is 0.146 e. The number of rotatable bonds is 2. The van der Waals surface area contributed by atoms with Crippen LogP contribution >= 0.6 is 0 Å². The molecule has 4 heteroatoms. The molecule has 0 amide bonds. The number of anilines is 2. The van der Waals surface area contributed by atoms with Gasteiger partial charge in [0.05, 0.1) is 12.8 Å². The number of nitrogens with two attached hydrogens (primary N) is 2. The third-order valence-electron chi connectivity index (χ3n) is 1.52. The Bertz CT molecular complexity index is 309. The topological polar surface area (TPSA) is 74.2 Å². The molecule has 0 fully saturated rings. The van der Waals surface area contributed by atoms with E-state index in [0.29, 0.717) is 17.3 Å². The summed E-state index contributed by atoms with van der Waals surface area (Å²) >= 11 is 0. The number of aromatic nitrogens is 1. The summed E-state index contributed by atoms with van der Waals surface area (Å²) in [6.45, 7) is 3.66. The zero-order valence-electron chi connectivity index (χ0n) is 6.87. The van der Waals surface area contributed by atoms with Crippen LogP contribution in [0.25, 0.3) is 5.76 Å². The van der Waals surface area contributed by atoms with Gasteiger partial charge in [-0.25, -0.2) is 4.98 Å². The number of hydrogen-bond donors (Lipinski definition) is 2. The van der Waals surface area contributed by atoms with Crippen molar-refractivity contribution in [3.63, 3.8) is 0 Å². The zero-order chi connectivity index (χ0) is 9.14. The Kier molecular flexibility index (Phi) is 2.19. The van der Waals surface area contributed by atoms with Gasteiger partial charge in [-0.05, 0) is 6.07 Å². The lowest BCUT2D eigenvalue weighted by Crippen LogP contribution is -1.99. The van der Waals surface area contributed by atoms with Crippen molar-refractivity contribution in [2.75, 3.05) is 18.6 Å². The van der Waals surface area contributed by atoms with Crippen LogP contribution in [0.3, 0.4) is 0 Å². The molecular formula is C8H11N3O. The number of methoxy groups -OCH3 is 1. The van der Waals surface area contributed by atoms with E-state index in [0.717, 1.165) is 5.56 Å². The summed E-state index contributed by atoms with van der Waals surface area (Å²) in [6.07, 6.45) is 1.57. The van der Waals surface area contributed by atoms with Gasteiger partial charge in [0.25, 0.3) is 0 Å². The molecule has 0 aliphatic rings. The number of hydrogen-bond acceptors (Lipinski definition) is 4. The molecule has 0 unspecified atom stereocenters. The average Bonchev–Trinajstić information content (AvgIpc) is 2.08. The van der Waals surface area contributed by atoms with E-state index in [2.05, 4.69) is 11.6 Å². The van der Waals surface area contributed by atoms with Gasteiger partial charge in [-0.3, -0.25) is 0 Å². The van der Waals surface area contributed by atoms with Gasteiger partial charge in [-0.2, -0.15) is 0 Å². The predicted molar refractivity (Wildman–Crippen MR) is 49.1 cm³/mol. The molecule has 12 heavy (non-hydrogen) atoms. The van der Waals surface area contributed by atoms with Gasteiger partial charge in [-0.15, -0.1) is 0 Å². The van der Waals surface area contributed by atoms with Crippen LogP contribution in [-0.4, -0.2) is 12.1 Å². The van der Waals surface area contributed by atoms with Gasteiger partial charge in [0.15, 0.2) is 0 Å². The first-order chi connectivity index (χ1) is 5.65. The Morgan fingerprint density at radius 3 is 2.75 bits per heavy atom. The maximum absolute atomic E-state index is 5.53. The summed E-state index contributed by atoms with van der Waals surface area (Å²) < 4.78 is 4.90. The van der Waals surface area contributed by atoms with Crippen molar-refractivity contribution in [3.8, 4) is 0 Å². The highest BCUT2D eigenvalue weighted by Gasteiger charge is 2.01. The average molecular weight is 165 g/mol. The highest BCUT2D eigenvalue weighted by Crippen LogP contribution is 2.18. The molecule has 0 spiro atoms.